The number of alkyl halides is 2. The Morgan fingerprint density at radius 3 is 1.70 bits per heavy atom. The Bertz CT molecular complexity index is 1060. The molecule has 0 saturated carbocycles. The van der Waals surface area contributed by atoms with E-state index in [1.807, 2.05) is 72.8 Å². The summed E-state index contributed by atoms with van der Waals surface area (Å²) in [5, 5.41) is -4.50. The molecule has 158 valence electrons. The van der Waals surface area contributed by atoms with Crippen LogP contribution >= 0.6 is 0 Å². The molecule has 4 nitrogen and oxygen atoms in total. The fourth-order valence-corrected chi connectivity index (χ4v) is 5.47. The number of benzene rings is 3. The van der Waals surface area contributed by atoms with Crippen molar-refractivity contribution in [2.24, 2.45) is 0 Å². The predicted molar refractivity (Wildman–Crippen MR) is 111 cm³/mol. The van der Waals surface area contributed by atoms with Gasteiger partial charge < -0.3 is 9.29 Å². The molecule has 0 amide bonds. The number of aryl methyl sites for hydroxylation is 2. The van der Waals surface area contributed by atoms with Crippen molar-refractivity contribution >= 4 is 21.0 Å². The van der Waals surface area contributed by atoms with Gasteiger partial charge in [0.1, 0.15) is 5.75 Å². The van der Waals surface area contributed by atoms with E-state index in [1.165, 1.54) is 0 Å². The third-order valence-corrected chi connectivity index (χ3v) is 7.42. The largest absolute Gasteiger partial charge is 0.743 e. The molecule has 0 heterocycles. The molecule has 0 N–H and O–H groups in total. The van der Waals surface area contributed by atoms with Crippen molar-refractivity contribution in [2.75, 3.05) is 6.61 Å². The number of halogens is 2. The van der Waals surface area contributed by atoms with E-state index in [0.29, 0.717) is 11.1 Å². The number of rotatable bonds is 7. The van der Waals surface area contributed by atoms with Crippen LogP contribution in [0.5, 0.6) is 5.75 Å². The van der Waals surface area contributed by atoms with Gasteiger partial charge in [0.25, 0.3) is 0 Å². The first-order chi connectivity index (χ1) is 14.1. The number of hydrogen-bond donors (Lipinski definition) is 0. The molecule has 0 aliphatic carbocycles. The molecular formula is C22H20F2O4S2. The SMILES string of the molecule is Cc1cc([S+](c2ccccc2)c2ccccc2)cc(C)c1OCC(F)(F)S(=O)(=O)[O-]. The van der Waals surface area contributed by atoms with E-state index in [4.69, 9.17) is 4.74 Å². The second kappa shape index (κ2) is 8.75. The first-order valence-electron chi connectivity index (χ1n) is 9.02. The molecule has 3 rings (SSSR count). The maximum Gasteiger partial charge on any atom is 0.367 e. The summed E-state index contributed by atoms with van der Waals surface area (Å²) in [6.07, 6.45) is 0. The van der Waals surface area contributed by atoms with E-state index in [9.17, 15) is 21.8 Å². The van der Waals surface area contributed by atoms with Crippen LogP contribution in [0.1, 0.15) is 11.1 Å². The van der Waals surface area contributed by atoms with Crippen LogP contribution in [-0.4, -0.2) is 24.8 Å². The quantitative estimate of drug-likeness (QED) is 0.379. The summed E-state index contributed by atoms with van der Waals surface area (Å²) >= 11 is 0. The van der Waals surface area contributed by atoms with Crippen molar-refractivity contribution in [3.63, 3.8) is 0 Å². The highest BCUT2D eigenvalue weighted by Crippen LogP contribution is 2.36. The van der Waals surface area contributed by atoms with Gasteiger partial charge in [0, 0.05) is 12.1 Å². The van der Waals surface area contributed by atoms with Gasteiger partial charge >= 0.3 is 5.25 Å². The lowest BCUT2D eigenvalue weighted by Crippen LogP contribution is -2.35. The first kappa shape index (κ1) is 22.3. The average Bonchev–Trinajstić information content (AvgIpc) is 2.68. The second-order valence-electron chi connectivity index (χ2n) is 6.70. The molecule has 0 aliphatic heterocycles. The molecule has 8 heteroatoms. The third kappa shape index (κ3) is 4.83. The second-order valence-corrected chi connectivity index (χ2v) is 10.2. The van der Waals surface area contributed by atoms with E-state index < -0.39 is 32.9 Å². The van der Waals surface area contributed by atoms with Crippen LogP contribution < -0.4 is 4.74 Å². The van der Waals surface area contributed by atoms with Crippen molar-refractivity contribution in [1.29, 1.82) is 0 Å². The van der Waals surface area contributed by atoms with E-state index in [-0.39, 0.29) is 5.75 Å². The Morgan fingerprint density at radius 2 is 1.30 bits per heavy atom. The summed E-state index contributed by atoms with van der Waals surface area (Å²) in [7, 11) is -6.23. The summed E-state index contributed by atoms with van der Waals surface area (Å²) in [4.78, 5) is 3.17. The van der Waals surface area contributed by atoms with Crippen LogP contribution in [-0.2, 0) is 21.0 Å². The molecule has 3 aromatic rings. The van der Waals surface area contributed by atoms with Crippen molar-refractivity contribution in [2.45, 2.75) is 33.8 Å². The lowest BCUT2D eigenvalue weighted by Gasteiger charge is -2.21. The fourth-order valence-electron chi connectivity index (χ4n) is 3.01. The summed E-state index contributed by atoms with van der Waals surface area (Å²) in [5.74, 6) is 0.145. The van der Waals surface area contributed by atoms with Crippen LogP contribution in [0.25, 0.3) is 0 Å². The maximum atomic E-state index is 13.5. The van der Waals surface area contributed by atoms with Gasteiger partial charge in [-0.2, -0.15) is 8.78 Å². The molecule has 30 heavy (non-hydrogen) atoms. The minimum Gasteiger partial charge on any atom is -0.743 e. The van der Waals surface area contributed by atoms with Crippen molar-refractivity contribution in [1.82, 2.24) is 0 Å². The molecule has 0 unspecified atom stereocenters. The monoisotopic (exact) mass is 450 g/mol. The fraction of sp³-hybridized carbons (Fsp3) is 0.182. The Balaban J connectivity index is 2.00. The molecular weight excluding hydrogens is 430 g/mol. The van der Waals surface area contributed by atoms with E-state index >= 15 is 0 Å². The van der Waals surface area contributed by atoms with Gasteiger partial charge in [-0.05, 0) is 49.2 Å². The summed E-state index contributed by atoms with van der Waals surface area (Å²) in [6.45, 7) is 1.88. The molecule has 0 radical (unpaired) electrons. The van der Waals surface area contributed by atoms with E-state index in [0.717, 1.165) is 14.7 Å². The van der Waals surface area contributed by atoms with Crippen LogP contribution in [0, 0.1) is 13.8 Å². The normalized spacial score (nSPS) is 12.2. The highest BCUT2D eigenvalue weighted by Gasteiger charge is 2.39. The molecule has 0 aromatic heterocycles. The molecule has 0 aliphatic rings. The molecule has 0 spiro atoms. The molecule has 0 fully saturated rings. The summed E-state index contributed by atoms with van der Waals surface area (Å²) in [6, 6.07) is 23.5. The van der Waals surface area contributed by atoms with Crippen molar-refractivity contribution in [3.8, 4) is 5.75 Å². The Morgan fingerprint density at radius 1 is 0.867 bits per heavy atom. The van der Waals surface area contributed by atoms with Crippen molar-refractivity contribution in [3.05, 3.63) is 83.9 Å². The average molecular weight is 451 g/mol. The highest BCUT2D eigenvalue weighted by atomic mass is 32.2. The molecule has 3 aromatic carbocycles. The minimum atomic E-state index is -5.80. The van der Waals surface area contributed by atoms with Crippen LogP contribution in [0.15, 0.2) is 87.5 Å². The smallest absolute Gasteiger partial charge is 0.367 e. The third-order valence-electron chi connectivity index (χ3n) is 4.38. The number of hydrogen-bond acceptors (Lipinski definition) is 4. The molecule has 0 saturated heterocycles. The van der Waals surface area contributed by atoms with Crippen LogP contribution in [0.4, 0.5) is 8.78 Å². The van der Waals surface area contributed by atoms with Gasteiger partial charge in [-0.1, -0.05) is 36.4 Å². The molecule has 0 atom stereocenters. The van der Waals surface area contributed by atoms with Gasteiger partial charge in [0.05, 0.1) is 10.9 Å². The van der Waals surface area contributed by atoms with Gasteiger partial charge in [-0.15, -0.1) is 0 Å². The Kier molecular flexibility index (Phi) is 6.50. The molecule has 0 bridgehead atoms. The zero-order valence-electron chi connectivity index (χ0n) is 16.3. The van der Waals surface area contributed by atoms with Crippen LogP contribution in [0.2, 0.25) is 0 Å². The van der Waals surface area contributed by atoms with E-state index in [2.05, 4.69) is 0 Å². The summed E-state index contributed by atoms with van der Waals surface area (Å²) in [5.41, 5.74) is 1.15. The highest BCUT2D eigenvalue weighted by molar-refractivity contribution is 7.97. The zero-order valence-corrected chi connectivity index (χ0v) is 18.0. The van der Waals surface area contributed by atoms with Gasteiger partial charge in [0.2, 0.25) is 0 Å². The lowest BCUT2D eigenvalue weighted by atomic mass is 10.1. The van der Waals surface area contributed by atoms with Crippen LogP contribution in [0.3, 0.4) is 0 Å². The lowest BCUT2D eigenvalue weighted by molar-refractivity contribution is 0.0274. The van der Waals surface area contributed by atoms with E-state index in [1.54, 1.807) is 13.8 Å². The predicted octanol–water partition coefficient (Wildman–Crippen LogP) is 4.92. The first-order valence-corrected chi connectivity index (χ1v) is 11.6. The van der Waals surface area contributed by atoms with Gasteiger partial charge in [-0.25, -0.2) is 8.42 Å². The minimum absolute atomic E-state index is 0.145. The Hall–Kier alpha value is -2.42. The topological polar surface area (TPSA) is 66.4 Å². The number of ether oxygens (including phenoxy) is 1. The van der Waals surface area contributed by atoms with Gasteiger partial charge in [-0.3, -0.25) is 0 Å². The van der Waals surface area contributed by atoms with Crippen molar-refractivity contribution < 1.29 is 26.5 Å². The maximum absolute atomic E-state index is 13.5. The summed E-state index contributed by atoms with van der Waals surface area (Å²) < 4.78 is 64.2. The van der Waals surface area contributed by atoms with Gasteiger partial charge in [0.15, 0.2) is 31.4 Å². The Labute approximate surface area is 177 Å². The zero-order chi connectivity index (χ0) is 21.9. The standard InChI is InChI=1S/C22H20F2O4S2/c1-16-13-20(14-17(2)21(16)28-15-22(23,24)30(25,26)27)29(18-9-5-3-6-10-18)19-11-7-4-8-12-19/h3-14H,15H2,1-2H3.